The number of hydrogen-bond donors (Lipinski definition) is 1. The molecule has 0 spiro atoms. The van der Waals surface area contributed by atoms with Crippen LogP contribution in [0.5, 0.6) is 0 Å². The second kappa shape index (κ2) is 9.33. The van der Waals surface area contributed by atoms with Gasteiger partial charge in [0.05, 0.1) is 6.10 Å². The highest BCUT2D eigenvalue weighted by Crippen LogP contribution is 2.59. The van der Waals surface area contributed by atoms with Gasteiger partial charge in [-0.2, -0.15) is 0 Å². The Kier molecular flexibility index (Phi) is 7.29. The minimum atomic E-state index is -0.172. The third-order valence-electron chi connectivity index (χ3n) is 8.35. The minimum absolute atomic E-state index is 0.172. The summed E-state index contributed by atoms with van der Waals surface area (Å²) in [5.41, 5.74) is 4.72. The molecule has 0 radical (unpaired) electrons. The number of aliphatic hydroxyl groups excluding tert-OH is 1. The fraction of sp³-hybridized carbons (Fsp3) is 0.778. The van der Waals surface area contributed by atoms with Gasteiger partial charge in [-0.1, -0.05) is 76.8 Å². The van der Waals surface area contributed by atoms with E-state index in [1.54, 1.807) is 5.57 Å². The van der Waals surface area contributed by atoms with Crippen LogP contribution in [0.1, 0.15) is 98.3 Å². The summed E-state index contributed by atoms with van der Waals surface area (Å²) in [6.45, 7) is 14.1. The van der Waals surface area contributed by atoms with E-state index in [1.165, 1.54) is 62.5 Å². The molecule has 0 bridgehead atoms. The van der Waals surface area contributed by atoms with E-state index >= 15 is 0 Å². The maximum atomic E-state index is 10.0. The Balaban J connectivity index is 1.70. The van der Waals surface area contributed by atoms with Gasteiger partial charge in [0, 0.05) is 0 Å². The first-order valence-corrected chi connectivity index (χ1v) is 12.1. The zero-order valence-electron chi connectivity index (χ0n) is 19.0. The molecule has 0 aromatic rings. The number of allylic oxidation sites excluding steroid dienone is 4. The Morgan fingerprint density at radius 1 is 1.11 bits per heavy atom. The molecule has 3 aliphatic carbocycles. The van der Waals surface area contributed by atoms with Crippen molar-refractivity contribution in [2.75, 3.05) is 0 Å². The molecule has 0 unspecified atom stereocenters. The van der Waals surface area contributed by atoms with Crippen LogP contribution in [0, 0.1) is 29.1 Å². The fourth-order valence-electron chi connectivity index (χ4n) is 6.66. The Morgan fingerprint density at radius 3 is 2.64 bits per heavy atom. The molecular formula is C27H44O. The van der Waals surface area contributed by atoms with Crippen LogP contribution in [0.4, 0.5) is 0 Å². The number of rotatable bonds is 6. The van der Waals surface area contributed by atoms with E-state index < -0.39 is 0 Å². The molecule has 5 atom stereocenters. The summed E-state index contributed by atoms with van der Waals surface area (Å²) in [6.07, 6.45) is 18.2. The molecule has 3 fully saturated rings. The lowest BCUT2D eigenvalue weighted by atomic mass is 9.60. The first-order chi connectivity index (χ1) is 13.3. The SMILES string of the molecule is C=C1CC[C@@H](O)C/C1=C/C=C1\CCC[C@]2(C)[C@@H]1CC[C@@H]2[C@@H](C)CCCC(C)C. The van der Waals surface area contributed by atoms with Crippen LogP contribution >= 0.6 is 0 Å². The Labute approximate surface area is 174 Å². The zero-order valence-corrected chi connectivity index (χ0v) is 19.0. The van der Waals surface area contributed by atoms with Crippen molar-refractivity contribution < 1.29 is 5.11 Å². The molecule has 3 rings (SSSR count). The molecule has 3 aliphatic rings. The summed E-state index contributed by atoms with van der Waals surface area (Å²) in [5, 5.41) is 10.0. The molecule has 0 aromatic heterocycles. The van der Waals surface area contributed by atoms with E-state index in [4.69, 9.17) is 0 Å². The molecule has 1 heteroatoms. The number of hydrogen-bond acceptors (Lipinski definition) is 1. The quantitative estimate of drug-likeness (QED) is 0.499. The third kappa shape index (κ3) is 4.84. The predicted octanol–water partition coefficient (Wildman–Crippen LogP) is 7.62. The molecule has 3 saturated carbocycles. The Hall–Kier alpha value is -0.820. The highest BCUT2D eigenvalue weighted by atomic mass is 16.3. The van der Waals surface area contributed by atoms with Crippen LogP contribution in [0.25, 0.3) is 0 Å². The van der Waals surface area contributed by atoms with Crippen molar-refractivity contribution in [3.05, 3.63) is 35.5 Å². The van der Waals surface area contributed by atoms with Gasteiger partial charge in [0.25, 0.3) is 0 Å². The normalized spacial score (nSPS) is 37.6. The van der Waals surface area contributed by atoms with Crippen molar-refractivity contribution in [1.82, 2.24) is 0 Å². The van der Waals surface area contributed by atoms with E-state index in [-0.39, 0.29) is 6.10 Å². The molecule has 0 saturated heterocycles. The topological polar surface area (TPSA) is 20.2 Å². The molecule has 1 N–H and O–H groups in total. The van der Waals surface area contributed by atoms with Crippen LogP contribution in [0.3, 0.4) is 0 Å². The Morgan fingerprint density at radius 2 is 1.89 bits per heavy atom. The summed E-state index contributed by atoms with van der Waals surface area (Å²) >= 11 is 0. The lowest BCUT2D eigenvalue weighted by Crippen LogP contribution is -2.36. The molecular weight excluding hydrogens is 340 g/mol. The maximum Gasteiger partial charge on any atom is 0.0583 e. The van der Waals surface area contributed by atoms with Crippen LogP contribution < -0.4 is 0 Å². The summed E-state index contributed by atoms with van der Waals surface area (Å²) in [6, 6.07) is 0. The second-order valence-corrected chi connectivity index (χ2v) is 10.8. The molecule has 0 amide bonds. The van der Waals surface area contributed by atoms with Crippen molar-refractivity contribution in [1.29, 1.82) is 0 Å². The third-order valence-corrected chi connectivity index (χ3v) is 8.35. The zero-order chi connectivity index (χ0) is 20.3. The van der Waals surface area contributed by atoms with E-state index in [0.29, 0.717) is 5.41 Å². The number of aliphatic hydroxyl groups is 1. The molecule has 158 valence electrons. The van der Waals surface area contributed by atoms with Crippen molar-refractivity contribution >= 4 is 0 Å². The Bertz CT molecular complexity index is 610. The van der Waals surface area contributed by atoms with Crippen molar-refractivity contribution in [3.63, 3.8) is 0 Å². The molecule has 0 aliphatic heterocycles. The van der Waals surface area contributed by atoms with Crippen LogP contribution in [-0.2, 0) is 0 Å². The van der Waals surface area contributed by atoms with Crippen molar-refractivity contribution in [2.24, 2.45) is 29.1 Å². The van der Waals surface area contributed by atoms with Crippen molar-refractivity contribution in [2.45, 2.75) is 104 Å². The van der Waals surface area contributed by atoms with Gasteiger partial charge in [-0.05, 0) is 86.0 Å². The van der Waals surface area contributed by atoms with Crippen LogP contribution in [0.15, 0.2) is 35.5 Å². The monoisotopic (exact) mass is 384 g/mol. The summed E-state index contributed by atoms with van der Waals surface area (Å²) < 4.78 is 0. The van der Waals surface area contributed by atoms with Crippen LogP contribution in [0.2, 0.25) is 0 Å². The van der Waals surface area contributed by atoms with E-state index in [2.05, 4.69) is 46.4 Å². The predicted molar refractivity (Wildman–Crippen MR) is 121 cm³/mol. The first kappa shape index (κ1) is 21.9. The highest BCUT2D eigenvalue weighted by Gasteiger charge is 2.50. The average molecular weight is 385 g/mol. The smallest absolute Gasteiger partial charge is 0.0583 e. The average Bonchev–Trinajstić information content (AvgIpc) is 2.99. The summed E-state index contributed by atoms with van der Waals surface area (Å²) in [5.74, 6) is 3.37. The van der Waals surface area contributed by atoms with Crippen molar-refractivity contribution in [3.8, 4) is 0 Å². The maximum absolute atomic E-state index is 10.0. The lowest BCUT2D eigenvalue weighted by molar-refractivity contribution is 0.0929. The fourth-order valence-corrected chi connectivity index (χ4v) is 6.66. The summed E-state index contributed by atoms with van der Waals surface area (Å²) in [4.78, 5) is 0. The molecule has 0 heterocycles. The first-order valence-electron chi connectivity index (χ1n) is 12.1. The van der Waals surface area contributed by atoms with E-state index in [9.17, 15) is 5.11 Å². The largest absolute Gasteiger partial charge is 0.393 e. The summed E-state index contributed by atoms with van der Waals surface area (Å²) in [7, 11) is 0. The van der Waals surface area contributed by atoms with Gasteiger partial charge >= 0.3 is 0 Å². The molecule has 28 heavy (non-hydrogen) atoms. The molecule has 0 aromatic carbocycles. The lowest BCUT2D eigenvalue weighted by Gasteiger charge is -2.44. The highest BCUT2D eigenvalue weighted by molar-refractivity contribution is 5.36. The van der Waals surface area contributed by atoms with Gasteiger partial charge in [0.2, 0.25) is 0 Å². The number of fused-ring (bicyclic) bond motifs is 1. The van der Waals surface area contributed by atoms with Crippen LogP contribution in [-0.4, -0.2) is 11.2 Å². The van der Waals surface area contributed by atoms with Gasteiger partial charge in [0.15, 0.2) is 0 Å². The van der Waals surface area contributed by atoms with Gasteiger partial charge in [-0.25, -0.2) is 0 Å². The van der Waals surface area contributed by atoms with Gasteiger partial charge in [0.1, 0.15) is 0 Å². The molecule has 1 nitrogen and oxygen atoms in total. The standard InChI is InChI=1S/C27H44O/c1-19(2)8-6-9-21(4)25-15-16-26-22(10-7-17-27(25,26)5)12-13-23-18-24(28)14-11-20(23)3/h12-13,19,21,24-26,28H,3,6-11,14-18H2,1-2,4-5H3/b22-12+,23-13-/t21-,24+,25+,26+,27-/m0/s1. The van der Waals surface area contributed by atoms with Gasteiger partial charge in [-0.15, -0.1) is 0 Å². The minimum Gasteiger partial charge on any atom is -0.393 e. The van der Waals surface area contributed by atoms with Gasteiger partial charge in [-0.3, -0.25) is 0 Å². The second-order valence-electron chi connectivity index (χ2n) is 10.8. The van der Waals surface area contributed by atoms with Gasteiger partial charge < -0.3 is 5.11 Å². The van der Waals surface area contributed by atoms with E-state index in [0.717, 1.165) is 42.9 Å². The van der Waals surface area contributed by atoms with E-state index in [1.807, 2.05) is 0 Å².